The average Bonchev–Trinajstić information content (AvgIpc) is 2.83. The van der Waals surface area contributed by atoms with Crippen molar-refractivity contribution in [1.82, 2.24) is 15.0 Å². The van der Waals surface area contributed by atoms with Gasteiger partial charge in [0.15, 0.2) is 5.65 Å². The highest BCUT2D eigenvalue weighted by molar-refractivity contribution is 9.10. The van der Waals surface area contributed by atoms with Crippen molar-refractivity contribution in [3.63, 3.8) is 0 Å². The Kier molecular flexibility index (Phi) is 2.44. The van der Waals surface area contributed by atoms with E-state index in [1.165, 1.54) is 0 Å². The molecule has 1 aliphatic heterocycles. The minimum atomic E-state index is 0.1000. The van der Waals surface area contributed by atoms with Crippen molar-refractivity contribution >= 4 is 27.1 Å². The molecule has 1 N–H and O–H groups in total. The third-order valence-electron chi connectivity index (χ3n) is 2.86. The first kappa shape index (κ1) is 10.2. The monoisotopic (exact) mass is 281 g/mol. The summed E-state index contributed by atoms with van der Waals surface area (Å²) in [6.45, 7) is 2.09. The minimum Gasteiger partial charge on any atom is -0.367 e. The Bertz CT molecular complexity index is 525. The molecule has 3 heterocycles. The fourth-order valence-corrected chi connectivity index (χ4v) is 2.38. The van der Waals surface area contributed by atoms with Gasteiger partial charge in [0, 0.05) is 10.7 Å². The Hall–Kier alpha value is -0.940. The first-order valence-electron chi connectivity index (χ1n) is 5.39. The number of halogens is 1. The van der Waals surface area contributed by atoms with Gasteiger partial charge in [-0.1, -0.05) is 0 Å². The number of nitrogens with zero attached hydrogens (tertiary/aromatic N) is 2. The Morgan fingerprint density at radius 3 is 3.12 bits per heavy atom. The van der Waals surface area contributed by atoms with E-state index in [-0.39, 0.29) is 6.10 Å². The number of aromatic nitrogens is 3. The van der Waals surface area contributed by atoms with Gasteiger partial charge in [0.25, 0.3) is 0 Å². The van der Waals surface area contributed by atoms with E-state index in [1.807, 2.05) is 6.07 Å². The number of pyridine rings is 1. The number of aromatic amines is 1. The molecule has 0 aromatic carbocycles. The molecule has 0 saturated carbocycles. The number of H-pyrrole nitrogens is 1. The normalized spacial score (nSPS) is 25.4. The Balaban J connectivity index is 1.99. The van der Waals surface area contributed by atoms with Crippen LogP contribution in [0.4, 0.5) is 0 Å². The maximum absolute atomic E-state index is 5.77. The molecule has 84 valence electrons. The van der Waals surface area contributed by atoms with Gasteiger partial charge in [-0.3, -0.25) is 0 Å². The van der Waals surface area contributed by atoms with Gasteiger partial charge >= 0.3 is 0 Å². The van der Waals surface area contributed by atoms with Crippen LogP contribution in [0.1, 0.15) is 31.7 Å². The van der Waals surface area contributed by atoms with Crippen LogP contribution in [0.25, 0.3) is 11.2 Å². The zero-order valence-corrected chi connectivity index (χ0v) is 10.5. The van der Waals surface area contributed by atoms with Crippen LogP contribution in [-0.2, 0) is 4.74 Å². The van der Waals surface area contributed by atoms with Crippen LogP contribution < -0.4 is 0 Å². The Morgan fingerprint density at radius 2 is 2.38 bits per heavy atom. The topological polar surface area (TPSA) is 50.8 Å². The molecule has 2 aromatic rings. The lowest BCUT2D eigenvalue weighted by molar-refractivity contribution is 0.0510. The third kappa shape index (κ3) is 1.74. The molecule has 1 aliphatic rings. The third-order valence-corrected chi connectivity index (χ3v) is 3.29. The summed E-state index contributed by atoms with van der Waals surface area (Å²) < 4.78 is 6.73. The summed E-state index contributed by atoms with van der Waals surface area (Å²) in [5.41, 5.74) is 1.70. The van der Waals surface area contributed by atoms with Crippen molar-refractivity contribution in [2.75, 3.05) is 0 Å². The van der Waals surface area contributed by atoms with E-state index in [4.69, 9.17) is 4.74 Å². The van der Waals surface area contributed by atoms with Crippen molar-refractivity contribution in [2.45, 2.75) is 32.0 Å². The predicted octanol–water partition coefficient (Wildman–Crippen LogP) is 2.96. The van der Waals surface area contributed by atoms with Gasteiger partial charge in [0.2, 0.25) is 0 Å². The second-order valence-corrected chi connectivity index (χ2v) is 5.08. The van der Waals surface area contributed by atoms with Gasteiger partial charge in [-0.2, -0.15) is 0 Å². The molecule has 2 atom stereocenters. The molecule has 2 unspecified atom stereocenters. The van der Waals surface area contributed by atoms with Gasteiger partial charge < -0.3 is 9.72 Å². The molecule has 3 rings (SSSR count). The lowest BCUT2D eigenvalue weighted by Crippen LogP contribution is -2.02. The fourth-order valence-electron chi connectivity index (χ4n) is 2.05. The fraction of sp³-hybridized carbons (Fsp3) is 0.455. The van der Waals surface area contributed by atoms with Crippen molar-refractivity contribution in [1.29, 1.82) is 0 Å². The van der Waals surface area contributed by atoms with E-state index in [1.54, 1.807) is 6.20 Å². The zero-order chi connectivity index (χ0) is 11.1. The van der Waals surface area contributed by atoms with Crippen LogP contribution in [0, 0.1) is 0 Å². The molecule has 0 amide bonds. The number of ether oxygens (including phenoxy) is 1. The van der Waals surface area contributed by atoms with E-state index < -0.39 is 0 Å². The number of rotatable bonds is 1. The maximum Gasteiger partial charge on any atom is 0.177 e. The summed E-state index contributed by atoms with van der Waals surface area (Å²) in [7, 11) is 0. The number of hydrogen-bond donors (Lipinski definition) is 1. The molecule has 1 saturated heterocycles. The Morgan fingerprint density at radius 1 is 1.50 bits per heavy atom. The molecule has 0 bridgehead atoms. The minimum absolute atomic E-state index is 0.1000. The van der Waals surface area contributed by atoms with Crippen molar-refractivity contribution in [2.24, 2.45) is 0 Å². The number of imidazole rings is 1. The maximum atomic E-state index is 5.77. The van der Waals surface area contributed by atoms with Crippen molar-refractivity contribution in [3.8, 4) is 0 Å². The molecular formula is C11H12BrN3O. The summed E-state index contributed by atoms with van der Waals surface area (Å²) in [5, 5.41) is 0. The quantitative estimate of drug-likeness (QED) is 0.874. The van der Waals surface area contributed by atoms with Crippen LogP contribution in [0.2, 0.25) is 0 Å². The molecule has 0 radical (unpaired) electrons. The van der Waals surface area contributed by atoms with Crippen LogP contribution in [0.15, 0.2) is 16.7 Å². The first-order chi connectivity index (χ1) is 7.72. The standard InChI is InChI=1S/C11H12BrN3O/c1-6-2-3-9(16-6)11-14-8-4-7(12)5-13-10(8)15-11/h4-6,9H,2-3H2,1H3,(H,13,14,15). The van der Waals surface area contributed by atoms with Gasteiger partial charge in [0.05, 0.1) is 11.6 Å². The second-order valence-electron chi connectivity index (χ2n) is 4.16. The van der Waals surface area contributed by atoms with Crippen LogP contribution in [0.5, 0.6) is 0 Å². The molecule has 0 aliphatic carbocycles. The van der Waals surface area contributed by atoms with E-state index in [2.05, 4.69) is 37.8 Å². The summed E-state index contributed by atoms with van der Waals surface area (Å²) in [4.78, 5) is 12.0. The number of nitrogens with one attached hydrogen (secondary N) is 1. The average molecular weight is 282 g/mol. The lowest BCUT2D eigenvalue weighted by atomic mass is 10.2. The first-order valence-corrected chi connectivity index (χ1v) is 6.18. The smallest absolute Gasteiger partial charge is 0.177 e. The summed E-state index contributed by atoms with van der Waals surface area (Å²) in [5.74, 6) is 0.893. The van der Waals surface area contributed by atoms with Gasteiger partial charge in [-0.25, -0.2) is 9.97 Å². The second kappa shape index (κ2) is 3.82. The summed E-state index contributed by atoms with van der Waals surface area (Å²) in [6, 6.07) is 1.98. The molecule has 1 fully saturated rings. The van der Waals surface area contributed by atoms with Crippen LogP contribution >= 0.6 is 15.9 Å². The van der Waals surface area contributed by atoms with E-state index in [0.717, 1.165) is 34.3 Å². The largest absolute Gasteiger partial charge is 0.367 e. The van der Waals surface area contributed by atoms with Gasteiger partial charge in [-0.15, -0.1) is 0 Å². The summed E-state index contributed by atoms with van der Waals surface area (Å²) >= 11 is 3.39. The highest BCUT2D eigenvalue weighted by Gasteiger charge is 2.26. The lowest BCUT2D eigenvalue weighted by Gasteiger charge is -2.06. The number of hydrogen-bond acceptors (Lipinski definition) is 3. The van der Waals surface area contributed by atoms with Crippen molar-refractivity contribution < 1.29 is 4.74 Å². The molecule has 5 heteroatoms. The van der Waals surface area contributed by atoms with Gasteiger partial charge in [0.1, 0.15) is 11.9 Å². The highest BCUT2D eigenvalue weighted by Crippen LogP contribution is 2.31. The van der Waals surface area contributed by atoms with Crippen LogP contribution in [0.3, 0.4) is 0 Å². The van der Waals surface area contributed by atoms with E-state index in [9.17, 15) is 0 Å². The van der Waals surface area contributed by atoms with Crippen LogP contribution in [-0.4, -0.2) is 21.1 Å². The number of fused-ring (bicyclic) bond motifs is 1. The van der Waals surface area contributed by atoms with E-state index >= 15 is 0 Å². The molecule has 0 spiro atoms. The zero-order valence-electron chi connectivity index (χ0n) is 8.90. The SMILES string of the molecule is CC1CCC(c2nc3ncc(Br)cc3[nH]2)O1. The molecule has 4 nitrogen and oxygen atoms in total. The molecular weight excluding hydrogens is 270 g/mol. The van der Waals surface area contributed by atoms with Gasteiger partial charge in [-0.05, 0) is 41.8 Å². The Labute approximate surface area is 102 Å². The predicted molar refractivity (Wildman–Crippen MR) is 64.1 cm³/mol. The van der Waals surface area contributed by atoms with Crippen molar-refractivity contribution in [3.05, 3.63) is 22.6 Å². The molecule has 2 aromatic heterocycles. The van der Waals surface area contributed by atoms with E-state index in [0.29, 0.717) is 6.10 Å². The highest BCUT2D eigenvalue weighted by atomic mass is 79.9. The molecule has 16 heavy (non-hydrogen) atoms. The summed E-state index contributed by atoms with van der Waals surface area (Å²) in [6.07, 6.45) is 4.31.